The summed E-state index contributed by atoms with van der Waals surface area (Å²) in [5.41, 5.74) is 3.13. The van der Waals surface area contributed by atoms with E-state index in [0.29, 0.717) is 13.2 Å². The minimum Gasteiger partial charge on any atom is -0.360 e. The Morgan fingerprint density at radius 1 is 1.54 bits per heavy atom. The van der Waals surface area contributed by atoms with Crippen LogP contribution in [0.5, 0.6) is 0 Å². The molecule has 0 aromatic carbocycles. The van der Waals surface area contributed by atoms with Crippen LogP contribution in [-0.2, 0) is 9.53 Å². The first kappa shape index (κ1) is 10.4. The van der Waals surface area contributed by atoms with Gasteiger partial charge in [0.2, 0.25) is 6.41 Å². The van der Waals surface area contributed by atoms with Gasteiger partial charge in [-0.3, -0.25) is 4.79 Å². The fourth-order valence-electron chi connectivity index (χ4n) is 1.29. The van der Waals surface area contributed by atoms with E-state index < -0.39 is 0 Å². The van der Waals surface area contributed by atoms with Gasteiger partial charge in [-0.2, -0.15) is 0 Å². The minimum absolute atomic E-state index is 0.0277. The molecule has 0 aromatic rings. The van der Waals surface area contributed by atoms with E-state index >= 15 is 0 Å². The van der Waals surface area contributed by atoms with Gasteiger partial charge in [-0.1, -0.05) is 0 Å². The second kappa shape index (κ2) is 5.16. The Morgan fingerprint density at radius 2 is 2.31 bits per heavy atom. The van der Waals surface area contributed by atoms with Gasteiger partial charge in [-0.15, -0.1) is 0 Å². The molecule has 1 heterocycles. The summed E-state index contributed by atoms with van der Waals surface area (Å²) in [5.74, 6) is 0. The number of hydrogen-bond donors (Lipinski definition) is 1. The smallest absolute Gasteiger partial charge is 0.209 e. The van der Waals surface area contributed by atoms with Crippen LogP contribution in [0.2, 0.25) is 0 Å². The summed E-state index contributed by atoms with van der Waals surface area (Å²) >= 11 is 0. The molecule has 13 heavy (non-hydrogen) atoms. The summed E-state index contributed by atoms with van der Waals surface area (Å²) in [6.45, 7) is 2.05. The lowest BCUT2D eigenvalue weighted by Crippen LogP contribution is -2.41. The van der Waals surface area contributed by atoms with E-state index in [0.717, 1.165) is 19.4 Å². The van der Waals surface area contributed by atoms with Crippen molar-refractivity contribution in [3.8, 4) is 0 Å². The van der Waals surface area contributed by atoms with Crippen molar-refractivity contribution in [1.82, 2.24) is 15.3 Å². The normalized spacial score (nSPS) is 24.5. The zero-order chi connectivity index (χ0) is 9.68. The first-order valence-electron chi connectivity index (χ1n) is 4.47. The molecule has 1 amide bonds. The van der Waals surface area contributed by atoms with Crippen molar-refractivity contribution in [1.29, 1.82) is 0 Å². The van der Waals surface area contributed by atoms with Gasteiger partial charge >= 0.3 is 0 Å². The minimum atomic E-state index is 0.0277. The first-order valence-corrected chi connectivity index (χ1v) is 4.47. The standard InChI is InChI=1S/C8H17N3O2/c1-10(2)9-8-3-4-11(7-12)5-6-13-8/h7-9H,3-6H2,1-2H3. The van der Waals surface area contributed by atoms with E-state index in [9.17, 15) is 4.79 Å². The van der Waals surface area contributed by atoms with Gasteiger partial charge in [0, 0.05) is 33.6 Å². The van der Waals surface area contributed by atoms with Crippen LogP contribution in [0.1, 0.15) is 6.42 Å². The van der Waals surface area contributed by atoms with Crippen LogP contribution < -0.4 is 5.43 Å². The third kappa shape index (κ3) is 3.71. The third-order valence-electron chi connectivity index (χ3n) is 1.93. The molecule has 0 saturated carbocycles. The maximum atomic E-state index is 10.5. The Kier molecular flexibility index (Phi) is 4.14. The SMILES string of the molecule is CN(C)NC1CCN(C=O)CCO1. The summed E-state index contributed by atoms with van der Waals surface area (Å²) < 4.78 is 5.49. The van der Waals surface area contributed by atoms with Crippen molar-refractivity contribution < 1.29 is 9.53 Å². The molecule has 1 atom stereocenters. The number of nitrogens with zero attached hydrogens (tertiary/aromatic N) is 2. The van der Waals surface area contributed by atoms with E-state index in [1.165, 1.54) is 0 Å². The molecule has 76 valence electrons. The Bertz CT molecular complexity index is 163. The topological polar surface area (TPSA) is 44.8 Å². The molecule has 0 spiro atoms. The van der Waals surface area contributed by atoms with Crippen LogP contribution >= 0.6 is 0 Å². The number of carbonyl (C=O) groups is 1. The highest BCUT2D eigenvalue weighted by Gasteiger charge is 2.15. The van der Waals surface area contributed by atoms with Gasteiger partial charge < -0.3 is 9.64 Å². The maximum absolute atomic E-state index is 10.5. The monoisotopic (exact) mass is 187 g/mol. The quantitative estimate of drug-likeness (QED) is 0.467. The van der Waals surface area contributed by atoms with Crippen LogP contribution in [0.15, 0.2) is 0 Å². The summed E-state index contributed by atoms with van der Waals surface area (Å²) in [7, 11) is 3.84. The van der Waals surface area contributed by atoms with Crippen LogP contribution in [0.4, 0.5) is 0 Å². The van der Waals surface area contributed by atoms with Gasteiger partial charge in [-0.25, -0.2) is 10.4 Å². The van der Waals surface area contributed by atoms with Gasteiger partial charge in [0.15, 0.2) is 0 Å². The average Bonchev–Trinajstić information content (AvgIpc) is 2.29. The molecule has 0 aromatic heterocycles. The van der Waals surface area contributed by atoms with E-state index in [2.05, 4.69) is 5.43 Å². The predicted molar refractivity (Wildman–Crippen MR) is 48.8 cm³/mol. The molecule has 1 aliphatic rings. The molecule has 1 unspecified atom stereocenters. The van der Waals surface area contributed by atoms with E-state index in [1.807, 2.05) is 19.1 Å². The Labute approximate surface area is 78.6 Å². The molecule has 0 radical (unpaired) electrons. The van der Waals surface area contributed by atoms with Gasteiger partial charge in [-0.05, 0) is 0 Å². The van der Waals surface area contributed by atoms with Gasteiger partial charge in [0.25, 0.3) is 0 Å². The second-order valence-corrected chi connectivity index (χ2v) is 3.31. The van der Waals surface area contributed by atoms with Gasteiger partial charge in [0.05, 0.1) is 6.61 Å². The van der Waals surface area contributed by atoms with Crippen molar-refractivity contribution in [2.45, 2.75) is 12.6 Å². The summed E-state index contributed by atoms with van der Waals surface area (Å²) in [4.78, 5) is 12.2. The Hall–Kier alpha value is -0.650. The number of rotatable bonds is 3. The van der Waals surface area contributed by atoms with Crippen molar-refractivity contribution in [2.75, 3.05) is 33.8 Å². The largest absolute Gasteiger partial charge is 0.360 e. The highest BCUT2D eigenvalue weighted by molar-refractivity contribution is 5.46. The second-order valence-electron chi connectivity index (χ2n) is 3.31. The molecule has 1 saturated heterocycles. The number of amides is 1. The summed E-state index contributed by atoms with van der Waals surface area (Å²) in [6, 6.07) is 0. The molecular weight excluding hydrogens is 170 g/mol. The fraction of sp³-hybridized carbons (Fsp3) is 0.875. The molecule has 5 heteroatoms. The van der Waals surface area contributed by atoms with Crippen molar-refractivity contribution in [3.05, 3.63) is 0 Å². The zero-order valence-electron chi connectivity index (χ0n) is 8.19. The lowest BCUT2D eigenvalue weighted by molar-refractivity contribution is -0.118. The molecule has 1 N–H and O–H groups in total. The van der Waals surface area contributed by atoms with Crippen LogP contribution in [0, 0.1) is 0 Å². The third-order valence-corrected chi connectivity index (χ3v) is 1.93. The number of hydrogen-bond acceptors (Lipinski definition) is 4. The van der Waals surface area contributed by atoms with Crippen molar-refractivity contribution in [2.24, 2.45) is 0 Å². The highest BCUT2D eigenvalue weighted by Crippen LogP contribution is 2.02. The molecule has 1 rings (SSSR count). The molecular formula is C8H17N3O2. The van der Waals surface area contributed by atoms with E-state index in [-0.39, 0.29) is 6.23 Å². The van der Waals surface area contributed by atoms with E-state index in [1.54, 1.807) is 4.90 Å². The average molecular weight is 187 g/mol. The van der Waals surface area contributed by atoms with Crippen LogP contribution in [0.25, 0.3) is 0 Å². The first-order chi connectivity index (χ1) is 6.22. The fourth-order valence-corrected chi connectivity index (χ4v) is 1.29. The number of ether oxygens (including phenoxy) is 1. The zero-order valence-corrected chi connectivity index (χ0v) is 8.19. The molecule has 0 bridgehead atoms. The predicted octanol–water partition coefficient (Wildman–Crippen LogP) is -0.743. The molecule has 5 nitrogen and oxygen atoms in total. The Balaban J connectivity index is 2.31. The highest BCUT2D eigenvalue weighted by atomic mass is 16.5. The van der Waals surface area contributed by atoms with Gasteiger partial charge in [0.1, 0.15) is 6.23 Å². The summed E-state index contributed by atoms with van der Waals surface area (Å²) in [6.07, 6.45) is 1.73. The lowest BCUT2D eigenvalue weighted by Gasteiger charge is -2.21. The number of nitrogens with one attached hydrogen (secondary N) is 1. The molecule has 0 aliphatic carbocycles. The van der Waals surface area contributed by atoms with Crippen LogP contribution in [0.3, 0.4) is 0 Å². The summed E-state index contributed by atoms with van der Waals surface area (Å²) in [5, 5.41) is 1.86. The Morgan fingerprint density at radius 3 is 2.92 bits per heavy atom. The van der Waals surface area contributed by atoms with Crippen LogP contribution in [-0.4, -0.2) is 56.3 Å². The molecule has 1 aliphatic heterocycles. The number of carbonyl (C=O) groups excluding carboxylic acids is 1. The molecule has 1 fully saturated rings. The maximum Gasteiger partial charge on any atom is 0.209 e. The van der Waals surface area contributed by atoms with E-state index in [4.69, 9.17) is 4.74 Å². The lowest BCUT2D eigenvalue weighted by atomic mass is 10.4. The van der Waals surface area contributed by atoms with Crippen molar-refractivity contribution >= 4 is 6.41 Å². The van der Waals surface area contributed by atoms with Crippen molar-refractivity contribution in [3.63, 3.8) is 0 Å². The number of hydrazine groups is 1.